The quantitative estimate of drug-likeness (QED) is 0.515. The van der Waals surface area contributed by atoms with Crippen LogP contribution in [0.3, 0.4) is 0 Å². The Morgan fingerprint density at radius 3 is 2.22 bits per heavy atom. The van der Waals surface area contributed by atoms with Gasteiger partial charge in [-0.15, -0.1) is 6.58 Å². The molecule has 0 atom stereocenters. The van der Waals surface area contributed by atoms with Crippen molar-refractivity contribution < 1.29 is 4.52 Å². The number of H-pyrrole nitrogens is 1. The number of hydrogen-bond donors (Lipinski definition) is 1. The molecule has 0 saturated heterocycles. The van der Waals surface area contributed by atoms with Crippen LogP contribution in [-0.2, 0) is 6.54 Å². The van der Waals surface area contributed by atoms with Gasteiger partial charge in [-0.2, -0.15) is 4.74 Å². The van der Waals surface area contributed by atoms with Crippen molar-refractivity contribution in [2.75, 3.05) is 0 Å². The second-order valence-corrected chi connectivity index (χ2v) is 4.46. The van der Waals surface area contributed by atoms with Gasteiger partial charge in [0.15, 0.2) is 0 Å². The van der Waals surface area contributed by atoms with Gasteiger partial charge in [0, 0.05) is 0 Å². The van der Waals surface area contributed by atoms with Crippen LogP contribution in [0, 0.1) is 0 Å². The highest BCUT2D eigenvalue weighted by molar-refractivity contribution is 4.65. The number of nitrogens with one attached hydrogen (secondary N) is 1. The number of nitrogens with zero attached hydrogens (tertiary/aromatic N) is 1. The van der Waals surface area contributed by atoms with E-state index in [2.05, 4.69) is 16.1 Å². The van der Waals surface area contributed by atoms with Gasteiger partial charge in [0.05, 0.1) is 6.54 Å². The maximum Gasteiger partial charge on any atom is 0.440 e. The molecule has 5 nitrogen and oxygen atoms in total. The molecule has 0 radical (unpaired) electrons. The summed E-state index contributed by atoms with van der Waals surface area (Å²) in [5.41, 5.74) is -0.454. The first-order valence-corrected chi connectivity index (χ1v) is 6.65. The van der Waals surface area contributed by atoms with Crippen molar-refractivity contribution in [1.29, 1.82) is 0 Å². The third-order valence-electron chi connectivity index (χ3n) is 2.90. The molecule has 0 fully saturated rings. The summed E-state index contributed by atoms with van der Waals surface area (Å²) in [7, 11) is 0. The molecule has 1 heterocycles. The molecule has 0 bridgehead atoms. The van der Waals surface area contributed by atoms with Crippen molar-refractivity contribution in [2.24, 2.45) is 0 Å². The molecule has 0 aliphatic carbocycles. The molecule has 0 aromatic carbocycles. The smallest absolute Gasteiger partial charge is 0.317 e. The first kappa shape index (κ1) is 14.5. The third-order valence-corrected chi connectivity index (χ3v) is 2.90. The van der Waals surface area contributed by atoms with Gasteiger partial charge in [0.25, 0.3) is 0 Å². The van der Waals surface area contributed by atoms with Crippen molar-refractivity contribution in [3.05, 3.63) is 33.7 Å². The summed E-state index contributed by atoms with van der Waals surface area (Å²) in [6.07, 6.45) is 11.1. The molecular formula is C13H22N2O3. The number of aryl methyl sites for hydroxylation is 1. The molecule has 0 aliphatic rings. The zero-order chi connectivity index (χ0) is 13.2. The van der Waals surface area contributed by atoms with E-state index >= 15 is 0 Å². The van der Waals surface area contributed by atoms with Crippen LogP contribution in [0.1, 0.15) is 51.4 Å². The highest BCUT2D eigenvalue weighted by Crippen LogP contribution is 2.08. The summed E-state index contributed by atoms with van der Waals surface area (Å²) in [5.74, 6) is -0.679. The van der Waals surface area contributed by atoms with Crippen LogP contribution in [0.25, 0.3) is 0 Å². The summed E-state index contributed by atoms with van der Waals surface area (Å²) in [5, 5.41) is 0. The van der Waals surface area contributed by atoms with E-state index in [-0.39, 0.29) is 0 Å². The van der Waals surface area contributed by atoms with Gasteiger partial charge in [-0.3, -0.25) is 0 Å². The first-order valence-electron chi connectivity index (χ1n) is 6.65. The number of hydrogen-bond acceptors (Lipinski definition) is 3. The first-order chi connectivity index (χ1) is 8.74. The van der Waals surface area contributed by atoms with Crippen molar-refractivity contribution >= 4 is 0 Å². The molecule has 0 unspecified atom stereocenters. The van der Waals surface area contributed by atoms with Crippen LogP contribution in [-0.4, -0.2) is 9.72 Å². The molecule has 0 amide bonds. The average Bonchev–Trinajstić information content (AvgIpc) is 2.66. The molecule has 18 heavy (non-hydrogen) atoms. The van der Waals surface area contributed by atoms with E-state index in [9.17, 15) is 9.59 Å². The van der Waals surface area contributed by atoms with E-state index in [4.69, 9.17) is 0 Å². The largest absolute Gasteiger partial charge is 0.440 e. The Morgan fingerprint density at radius 1 is 1.06 bits per heavy atom. The van der Waals surface area contributed by atoms with E-state index in [1.165, 1.54) is 25.7 Å². The van der Waals surface area contributed by atoms with Crippen LogP contribution >= 0.6 is 0 Å². The molecular weight excluding hydrogens is 232 g/mol. The maximum atomic E-state index is 11.1. The lowest BCUT2D eigenvalue weighted by molar-refractivity contribution is 0.236. The molecule has 5 heteroatoms. The summed E-state index contributed by atoms with van der Waals surface area (Å²) in [6, 6.07) is 0. The minimum Gasteiger partial charge on any atom is -0.317 e. The van der Waals surface area contributed by atoms with Crippen molar-refractivity contribution in [3.63, 3.8) is 0 Å². The Hall–Kier alpha value is -1.52. The van der Waals surface area contributed by atoms with Gasteiger partial charge in [-0.25, -0.2) is 14.6 Å². The van der Waals surface area contributed by atoms with Crippen molar-refractivity contribution in [1.82, 2.24) is 9.72 Å². The SMILES string of the molecule is C=CCCCCCCCCCn1oc(=O)[nH]c1=O. The van der Waals surface area contributed by atoms with Gasteiger partial charge in [0.1, 0.15) is 0 Å². The number of rotatable bonds is 10. The Labute approximate surface area is 106 Å². The Morgan fingerprint density at radius 2 is 1.67 bits per heavy atom. The zero-order valence-corrected chi connectivity index (χ0v) is 10.8. The topological polar surface area (TPSA) is 68.0 Å². The van der Waals surface area contributed by atoms with Crippen LogP contribution < -0.4 is 11.4 Å². The van der Waals surface area contributed by atoms with Crippen molar-refractivity contribution in [2.45, 2.75) is 57.9 Å². The molecule has 1 rings (SSSR count). The molecule has 1 aromatic rings. The van der Waals surface area contributed by atoms with Crippen LogP contribution in [0.2, 0.25) is 0 Å². The highest BCUT2D eigenvalue weighted by Gasteiger charge is 2.01. The Balaban J connectivity index is 1.99. The molecule has 1 aromatic heterocycles. The van der Waals surface area contributed by atoms with Gasteiger partial charge in [-0.05, 0) is 19.3 Å². The fourth-order valence-corrected chi connectivity index (χ4v) is 1.89. The lowest BCUT2D eigenvalue weighted by Gasteiger charge is -2.01. The molecule has 0 aliphatic heterocycles. The monoisotopic (exact) mass is 254 g/mol. The van der Waals surface area contributed by atoms with Crippen LogP contribution in [0.4, 0.5) is 0 Å². The molecule has 1 N–H and O–H groups in total. The minimum atomic E-state index is -0.679. The van der Waals surface area contributed by atoms with Crippen molar-refractivity contribution in [3.8, 4) is 0 Å². The third kappa shape index (κ3) is 5.70. The number of aromatic nitrogens is 2. The summed E-state index contributed by atoms with van der Waals surface area (Å²) >= 11 is 0. The van der Waals surface area contributed by atoms with E-state index in [0.29, 0.717) is 6.54 Å². The van der Waals surface area contributed by atoms with E-state index in [0.717, 1.165) is 30.4 Å². The normalized spacial score (nSPS) is 10.7. The lowest BCUT2D eigenvalue weighted by Crippen LogP contribution is -2.16. The molecule has 0 saturated carbocycles. The van der Waals surface area contributed by atoms with E-state index in [1.807, 2.05) is 6.08 Å². The molecule has 0 spiro atoms. The highest BCUT2D eigenvalue weighted by atomic mass is 16.5. The predicted octanol–water partition coefficient (Wildman–Crippen LogP) is 2.44. The standard InChI is InChI=1S/C13H22N2O3/c1-2-3-4-5-6-7-8-9-10-11-15-12(16)14-13(17)18-15/h2H,1,3-11H2,(H,14,16,17). The fourth-order valence-electron chi connectivity index (χ4n) is 1.89. The fraction of sp³-hybridized carbons (Fsp3) is 0.692. The molecule has 102 valence electrons. The summed E-state index contributed by atoms with van der Waals surface area (Å²) < 4.78 is 5.76. The van der Waals surface area contributed by atoms with Crippen LogP contribution in [0.15, 0.2) is 26.8 Å². The Kier molecular flexibility index (Phi) is 6.91. The van der Waals surface area contributed by atoms with Gasteiger partial charge < -0.3 is 4.52 Å². The van der Waals surface area contributed by atoms with E-state index < -0.39 is 11.4 Å². The number of aromatic amines is 1. The van der Waals surface area contributed by atoms with Crippen LogP contribution in [0.5, 0.6) is 0 Å². The summed E-state index contributed by atoms with van der Waals surface area (Å²) in [6.45, 7) is 4.18. The Bertz CT molecular complexity index is 442. The van der Waals surface area contributed by atoms with E-state index in [1.54, 1.807) is 0 Å². The number of unbranched alkanes of at least 4 members (excludes halogenated alkanes) is 7. The predicted molar refractivity (Wildman–Crippen MR) is 70.7 cm³/mol. The second-order valence-electron chi connectivity index (χ2n) is 4.46. The zero-order valence-electron chi connectivity index (χ0n) is 10.8. The second kappa shape index (κ2) is 8.55. The van der Waals surface area contributed by atoms with Gasteiger partial charge >= 0.3 is 11.4 Å². The lowest BCUT2D eigenvalue weighted by atomic mass is 10.1. The van der Waals surface area contributed by atoms with Gasteiger partial charge in [-0.1, -0.05) is 38.2 Å². The number of allylic oxidation sites excluding steroid dienone is 1. The minimum absolute atomic E-state index is 0.454. The van der Waals surface area contributed by atoms with Gasteiger partial charge in [0.2, 0.25) is 0 Å². The summed E-state index contributed by atoms with van der Waals surface area (Å²) in [4.78, 5) is 23.9. The maximum absolute atomic E-state index is 11.1. The average molecular weight is 254 g/mol.